The Bertz CT molecular complexity index is 2060. The maximum absolute atomic E-state index is 3.68. The first-order valence-corrected chi connectivity index (χ1v) is 13.6. The van der Waals surface area contributed by atoms with Crippen molar-refractivity contribution in [3.8, 4) is 0 Å². The van der Waals surface area contributed by atoms with E-state index in [1.165, 1.54) is 32.9 Å². The third kappa shape index (κ3) is 2.85. The Morgan fingerprint density at radius 2 is 0.750 bits per heavy atom. The number of aromatic amines is 2. The molecule has 9 rings (SSSR count). The number of H-pyrrole nitrogens is 2. The Kier molecular flexibility index (Phi) is 4.30. The second kappa shape index (κ2) is 8.01. The van der Waals surface area contributed by atoms with Gasteiger partial charge in [-0.25, -0.2) is 0 Å². The zero-order chi connectivity index (χ0) is 26.2. The first-order valence-electron chi connectivity index (χ1n) is 13.6. The number of hydrogen-bond donors (Lipinski definition) is 2. The van der Waals surface area contributed by atoms with Gasteiger partial charge in [-0.3, -0.25) is 0 Å². The standard InChI is InChI=1S/C36H24N4/c1-3-11-23(12-4-1)39-31-21-19-30-34(26-16-8-10-18-28(26)38-30)36(31)40(24-13-5-2-6-14-24)32-22-20-29-33(35(32)39)25-15-7-9-17-27(25)37-29/h1-22,37-38H. The minimum absolute atomic E-state index is 1.13. The van der Waals surface area contributed by atoms with Gasteiger partial charge in [-0.15, -0.1) is 0 Å². The molecule has 8 aromatic rings. The van der Waals surface area contributed by atoms with Crippen LogP contribution in [0.25, 0.3) is 43.6 Å². The predicted octanol–water partition coefficient (Wildman–Crippen LogP) is 10.2. The molecule has 188 valence electrons. The van der Waals surface area contributed by atoms with Crippen LogP contribution in [-0.2, 0) is 0 Å². The van der Waals surface area contributed by atoms with Gasteiger partial charge in [-0.05, 0) is 60.7 Å². The number of aromatic nitrogens is 2. The van der Waals surface area contributed by atoms with Crippen LogP contribution in [0.4, 0.5) is 34.1 Å². The molecular weight excluding hydrogens is 488 g/mol. The van der Waals surface area contributed by atoms with E-state index < -0.39 is 0 Å². The van der Waals surface area contributed by atoms with E-state index in [4.69, 9.17) is 0 Å². The molecule has 0 spiro atoms. The number of benzene rings is 6. The number of hydrogen-bond acceptors (Lipinski definition) is 2. The molecule has 3 heterocycles. The Hall–Kier alpha value is -5.48. The summed E-state index contributed by atoms with van der Waals surface area (Å²) in [5.74, 6) is 0. The van der Waals surface area contributed by atoms with Crippen LogP contribution in [0, 0.1) is 0 Å². The lowest BCUT2D eigenvalue weighted by atomic mass is 9.98. The SMILES string of the molecule is c1ccc(N2c3ccc4[nH]c5ccccc5c4c3N(c3ccccc3)c3ccc4[nH]c5ccccc5c4c32)cc1. The summed E-state index contributed by atoms with van der Waals surface area (Å²) in [6.07, 6.45) is 0. The number of nitrogens with one attached hydrogen (secondary N) is 2. The van der Waals surface area contributed by atoms with Crippen molar-refractivity contribution in [1.82, 2.24) is 9.97 Å². The Morgan fingerprint density at radius 1 is 0.350 bits per heavy atom. The zero-order valence-corrected chi connectivity index (χ0v) is 21.6. The molecule has 4 heteroatoms. The average Bonchev–Trinajstić information content (AvgIpc) is 3.59. The average molecular weight is 513 g/mol. The van der Waals surface area contributed by atoms with E-state index in [1.54, 1.807) is 0 Å². The fraction of sp³-hybridized carbons (Fsp3) is 0. The van der Waals surface area contributed by atoms with Crippen molar-refractivity contribution >= 4 is 77.7 Å². The van der Waals surface area contributed by atoms with Crippen molar-refractivity contribution in [2.45, 2.75) is 0 Å². The molecule has 2 N–H and O–H groups in total. The molecule has 0 bridgehead atoms. The summed E-state index contributed by atoms with van der Waals surface area (Å²) in [5, 5.41) is 4.89. The molecule has 0 saturated heterocycles. The maximum Gasteiger partial charge on any atom is 0.0804 e. The quantitative estimate of drug-likeness (QED) is 0.242. The monoisotopic (exact) mass is 512 g/mol. The van der Waals surface area contributed by atoms with E-state index in [-0.39, 0.29) is 0 Å². The summed E-state index contributed by atoms with van der Waals surface area (Å²) in [7, 11) is 0. The summed E-state index contributed by atoms with van der Waals surface area (Å²) in [6.45, 7) is 0. The largest absolute Gasteiger partial charge is 0.354 e. The number of para-hydroxylation sites is 4. The van der Waals surface area contributed by atoms with Crippen molar-refractivity contribution in [3.63, 3.8) is 0 Å². The van der Waals surface area contributed by atoms with Gasteiger partial charge in [0.25, 0.3) is 0 Å². The van der Waals surface area contributed by atoms with Gasteiger partial charge in [0.05, 0.1) is 22.7 Å². The molecular formula is C36H24N4. The Morgan fingerprint density at radius 3 is 1.20 bits per heavy atom. The molecule has 0 unspecified atom stereocenters. The van der Waals surface area contributed by atoms with E-state index in [2.05, 4.69) is 153 Å². The van der Waals surface area contributed by atoms with Crippen LogP contribution in [0.15, 0.2) is 133 Å². The van der Waals surface area contributed by atoms with Gasteiger partial charge >= 0.3 is 0 Å². The molecule has 0 fully saturated rings. The summed E-state index contributed by atoms with van der Waals surface area (Å²) in [5.41, 5.74) is 11.5. The highest BCUT2D eigenvalue weighted by molar-refractivity contribution is 6.25. The summed E-state index contributed by atoms with van der Waals surface area (Å²) < 4.78 is 0. The van der Waals surface area contributed by atoms with Crippen molar-refractivity contribution in [1.29, 1.82) is 0 Å². The van der Waals surface area contributed by atoms with Crippen LogP contribution in [0.5, 0.6) is 0 Å². The number of nitrogens with zero attached hydrogens (tertiary/aromatic N) is 2. The van der Waals surface area contributed by atoms with Crippen molar-refractivity contribution in [3.05, 3.63) is 133 Å². The van der Waals surface area contributed by atoms with Gasteiger partial charge in [0.1, 0.15) is 0 Å². The highest BCUT2D eigenvalue weighted by Gasteiger charge is 2.35. The number of anilines is 6. The molecule has 1 aliphatic rings. The molecule has 0 radical (unpaired) electrons. The highest BCUT2D eigenvalue weighted by Crippen LogP contribution is 2.59. The van der Waals surface area contributed by atoms with Crippen molar-refractivity contribution in [2.24, 2.45) is 0 Å². The van der Waals surface area contributed by atoms with Crippen molar-refractivity contribution in [2.75, 3.05) is 9.80 Å². The van der Waals surface area contributed by atoms with Crippen LogP contribution in [0.1, 0.15) is 0 Å². The minimum atomic E-state index is 1.13. The van der Waals surface area contributed by atoms with Gasteiger partial charge in [0, 0.05) is 55.0 Å². The molecule has 6 aromatic carbocycles. The predicted molar refractivity (Wildman–Crippen MR) is 168 cm³/mol. The Balaban J connectivity index is 1.51. The molecule has 0 aliphatic carbocycles. The molecule has 0 atom stereocenters. The third-order valence-corrected chi connectivity index (χ3v) is 8.20. The maximum atomic E-state index is 3.68. The normalized spacial score (nSPS) is 12.9. The topological polar surface area (TPSA) is 38.1 Å². The Labute approximate surface area is 230 Å². The van der Waals surface area contributed by atoms with Gasteiger partial charge in [-0.1, -0.05) is 72.8 Å². The molecule has 40 heavy (non-hydrogen) atoms. The first-order chi connectivity index (χ1) is 19.9. The second-order valence-electron chi connectivity index (χ2n) is 10.4. The van der Waals surface area contributed by atoms with Gasteiger partial charge in [0.2, 0.25) is 0 Å². The van der Waals surface area contributed by atoms with Crippen LogP contribution < -0.4 is 9.80 Å². The van der Waals surface area contributed by atoms with Gasteiger partial charge in [0.15, 0.2) is 0 Å². The number of rotatable bonds is 2. The lowest BCUT2D eigenvalue weighted by Crippen LogP contribution is -2.24. The van der Waals surface area contributed by atoms with Crippen LogP contribution in [-0.4, -0.2) is 9.97 Å². The summed E-state index contributed by atoms with van der Waals surface area (Å²) in [6, 6.07) is 47.7. The van der Waals surface area contributed by atoms with Crippen LogP contribution >= 0.6 is 0 Å². The fourth-order valence-corrected chi connectivity index (χ4v) is 6.57. The summed E-state index contributed by atoms with van der Waals surface area (Å²) >= 11 is 0. The van der Waals surface area contributed by atoms with E-state index in [0.29, 0.717) is 0 Å². The third-order valence-electron chi connectivity index (χ3n) is 8.20. The highest BCUT2D eigenvalue weighted by atomic mass is 15.3. The van der Waals surface area contributed by atoms with Gasteiger partial charge < -0.3 is 19.8 Å². The lowest BCUT2D eigenvalue weighted by Gasteiger charge is -2.41. The molecule has 2 aromatic heterocycles. The van der Waals surface area contributed by atoms with Gasteiger partial charge in [-0.2, -0.15) is 0 Å². The van der Waals surface area contributed by atoms with Crippen molar-refractivity contribution < 1.29 is 0 Å². The number of fused-ring (bicyclic) bond motifs is 10. The fourth-order valence-electron chi connectivity index (χ4n) is 6.57. The minimum Gasteiger partial charge on any atom is -0.354 e. The molecule has 1 aliphatic heterocycles. The van der Waals surface area contributed by atoms with E-state index >= 15 is 0 Å². The van der Waals surface area contributed by atoms with E-state index in [9.17, 15) is 0 Å². The smallest absolute Gasteiger partial charge is 0.0804 e. The lowest BCUT2D eigenvalue weighted by molar-refractivity contribution is 1.19. The second-order valence-corrected chi connectivity index (χ2v) is 10.4. The van der Waals surface area contributed by atoms with E-state index in [0.717, 1.165) is 44.8 Å². The van der Waals surface area contributed by atoms with Crippen LogP contribution in [0.3, 0.4) is 0 Å². The molecule has 0 amide bonds. The first kappa shape index (κ1) is 21.5. The molecule has 4 nitrogen and oxygen atoms in total. The zero-order valence-electron chi connectivity index (χ0n) is 21.6. The molecule has 0 saturated carbocycles. The van der Waals surface area contributed by atoms with Crippen LogP contribution in [0.2, 0.25) is 0 Å². The van der Waals surface area contributed by atoms with E-state index in [1.807, 2.05) is 0 Å². The summed E-state index contributed by atoms with van der Waals surface area (Å²) in [4.78, 5) is 12.3.